The van der Waals surface area contributed by atoms with Gasteiger partial charge in [0, 0.05) is 12.1 Å². The summed E-state index contributed by atoms with van der Waals surface area (Å²) in [5.41, 5.74) is 5.51. The molecule has 10 heavy (non-hydrogen) atoms. The number of nitrogens with one attached hydrogen (secondary N) is 1. The second kappa shape index (κ2) is 4.14. The first-order chi connectivity index (χ1) is 4.52. The third-order valence-electron chi connectivity index (χ3n) is 0.834. The minimum absolute atomic E-state index is 0.270. The van der Waals surface area contributed by atoms with Crippen LogP contribution in [0.3, 0.4) is 0 Å². The fraction of sp³-hybridized carbons (Fsp3) is 0.857. The van der Waals surface area contributed by atoms with Crippen LogP contribution in [0.2, 0.25) is 0 Å². The summed E-state index contributed by atoms with van der Waals surface area (Å²) in [4.78, 5) is 4.10. The monoisotopic (exact) mass is 143 g/mol. The Morgan fingerprint density at radius 2 is 1.80 bits per heavy atom. The average molecular weight is 143 g/mol. The molecule has 0 aliphatic carbocycles. The van der Waals surface area contributed by atoms with Crippen LogP contribution in [0, 0.1) is 0 Å². The molecule has 0 saturated carbocycles. The third kappa shape index (κ3) is 5.41. The lowest BCUT2D eigenvalue weighted by molar-refractivity contribution is 0.713. The van der Waals surface area contributed by atoms with E-state index in [1.807, 2.05) is 27.7 Å². The smallest absolute Gasteiger partial charge is 0.189 e. The van der Waals surface area contributed by atoms with E-state index >= 15 is 0 Å². The Kier molecular flexibility index (Phi) is 3.84. The maximum atomic E-state index is 5.51. The van der Waals surface area contributed by atoms with Gasteiger partial charge in [-0.05, 0) is 27.7 Å². The molecule has 0 spiro atoms. The van der Waals surface area contributed by atoms with E-state index in [0.29, 0.717) is 12.0 Å². The van der Waals surface area contributed by atoms with Gasteiger partial charge in [-0.2, -0.15) is 0 Å². The molecule has 0 aromatic rings. The highest BCUT2D eigenvalue weighted by Gasteiger charge is 1.94. The molecule has 0 aliphatic heterocycles. The number of nitrogens with zero attached hydrogens (tertiary/aromatic N) is 1. The molecule has 0 aromatic heterocycles. The van der Waals surface area contributed by atoms with Gasteiger partial charge in [-0.3, -0.25) is 4.99 Å². The Morgan fingerprint density at radius 3 is 2.10 bits per heavy atom. The number of aliphatic imine (C=N–C) groups is 1. The van der Waals surface area contributed by atoms with Crippen LogP contribution in [-0.4, -0.2) is 18.0 Å². The van der Waals surface area contributed by atoms with Gasteiger partial charge in [0.25, 0.3) is 0 Å². The molecule has 3 N–H and O–H groups in total. The summed E-state index contributed by atoms with van der Waals surface area (Å²) in [6, 6.07) is 0.633. The van der Waals surface area contributed by atoms with Gasteiger partial charge >= 0.3 is 0 Å². The normalized spacial score (nSPS) is 12.8. The molecule has 3 nitrogen and oxygen atoms in total. The van der Waals surface area contributed by atoms with Crippen molar-refractivity contribution in [1.82, 2.24) is 5.32 Å². The largest absolute Gasteiger partial charge is 0.370 e. The van der Waals surface area contributed by atoms with Crippen molar-refractivity contribution >= 4 is 5.96 Å². The van der Waals surface area contributed by atoms with Crippen LogP contribution in [0.15, 0.2) is 4.99 Å². The molecule has 3 heteroatoms. The molecule has 60 valence electrons. The lowest BCUT2D eigenvalue weighted by Gasteiger charge is -2.09. The molecular formula is C7H17N3. The van der Waals surface area contributed by atoms with E-state index in [4.69, 9.17) is 5.73 Å². The Bertz CT molecular complexity index is 116. The molecule has 0 radical (unpaired) electrons. The number of nitrogens with two attached hydrogens (primary N) is 1. The molecule has 0 saturated heterocycles. The van der Waals surface area contributed by atoms with E-state index in [0.717, 1.165) is 0 Å². The van der Waals surface area contributed by atoms with Crippen LogP contribution in [-0.2, 0) is 0 Å². The third-order valence-corrected chi connectivity index (χ3v) is 0.834. The van der Waals surface area contributed by atoms with Crippen molar-refractivity contribution in [1.29, 1.82) is 0 Å². The highest BCUT2D eigenvalue weighted by molar-refractivity contribution is 5.78. The first-order valence-electron chi connectivity index (χ1n) is 3.62. The number of hydrogen-bond acceptors (Lipinski definition) is 1. The van der Waals surface area contributed by atoms with E-state index in [2.05, 4.69) is 10.3 Å². The molecule has 0 rings (SSSR count). The van der Waals surface area contributed by atoms with Crippen molar-refractivity contribution in [3.8, 4) is 0 Å². The summed E-state index contributed by atoms with van der Waals surface area (Å²) < 4.78 is 0. The second-order valence-electron chi connectivity index (χ2n) is 2.91. The summed E-state index contributed by atoms with van der Waals surface area (Å²) in [7, 11) is 0. The van der Waals surface area contributed by atoms with E-state index < -0.39 is 0 Å². The quantitative estimate of drug-likeness (QED) is 0.442. The fourth-order valence-electron chi connectivity index (χ4n) is 0.611. The van der Waals surface area contributed by atoms with Crippen molar-refractivity contribution in [2.24, 2.45) is 10.7 Å². The van der Waals surface area contributed by atoms with Crippen LogP contribution in [0.4, 0.5) is 0 Å². The predicted molar refractivity (Wildman–Crippen MR) is 45.0 cm³/mol. The van der Waals surface area contributed by atoms with Gasteiger partial charge in [0.15, 0.2) is 5.96 Å². The van der Waals surface area contributed by atoms with Gasteiger partial charge in [0.05, 0.1) is 0 Å². The molecular weight excluding hydrogens is 126 g/mol. The molecule has 0 unspecified atom stereocenters. The van der Waals surface area contributed by atoms with Crippen molar-refractivity contribution in [2.75, 3.05) is 0 Å². The van der Waals surface area contributed by atoms with Crippen molar-refractivity contribution < 1.29 is 0 Å². The van der Waals surface area contributed by atoms with Crippen LogP contribution in [0.25, 0.3) is 0 Å². The Morgan fingerprint density at radius 1 is 1.30 bits per heavy atom. The van der Waals surface area contributed by atoms with Crippen LogP contribution < -0.4 is 11.1 Å². The molecule has 0 fully saturated rings. The van der Waals surface area contributed by atoms with Crippen molar-refractivity contribution in [3.63, 3.8) is 0 Å². The molecule has 0 bridgehead atoms. The summed E-state index contributed by atoms with van der Waals surface area (Å²) in [6.45, 7) is 8.05. The number of hydrogen-bond donors (Lipinski definition) is 2. The summed E-state index contributed by atoms with van der Waals surface area (Å²) in [5.74, 6) is 0.532. The minimum atomic E-state index is 0.270. The Hall–Kier alpha value is -0.730. The number of guanidine groups is 1. The topological polar surface area (TPSA) is 50.4 Å². The maximum Gasteiger partial charge on any atom is 0.189 e. The van der Waals surface area contributed by atoms with E-state index in [1.165, 1.54) is 0 Å². The predicted octanol–water partition coefficient (Wildman–Crippen LogP) is 0.708. The van der Waals surface area contributed by atoms with Gasteiger partial charge in [0.1, 0.15) is 0 Å². The van der Waals surface area contributed by atoms with Gasteiger partial charge in [-0.1, -0.05) is 0 Å². The molecule has 0 aliphatic rings. The van der Waals surface area contributed by atoms with E-state index in [-0.39, 0.29) is 6.04 Å². The molecule has 0 atom stereocenters. The maximum absolute atomic E-state index is 5.51. The van der Waals surface area contributed by atoms with E-state index in [1.54, 1.807) is 0 Å². The standard InChI is InChI=1S/C7H17N3/c1-5(2)9-7(8)10-6(3)4/h5-6H,1-4H3,(H3,8,9,10). The zero-order valence-corrected chi connectivity index (χ0v) is 7.18. The lowest BCUT2D eigenvalue weighted by atomic mass is 10.4. The van der Waals surface area contributed by atoms with Crippen LogP contribution in [0.1, 0.15) is 27.7 Å². The Labute approximate surface area is 62.7 Å². The van der Waals surface area contributed by atoms with Gasteiger partial charge in [0.2, 0.25) is 0 Å². The van der Waals surface area contributed by atoms with Crippen molar-refractivity contribution in [3.05, 3.63) is 0 Å². The zero-order chi connectivity index (χ0) is 8.15. The Balaban J connectivity index is 3.71. The van der Waals surface area contributed by atoms with Gasteiger partial charge in [-0.15, -0.1) is 0 Å². The molecule has 0 heterocycles. The lowest BCUT2D eigenvalue weighted by Crippen LogP contribution is -2.37. The minimum Gasteiger partial charge on any atom is -0.370 e. The summed E-state index contributed by atoms with van der Waals surface area (Å²) in [6.07, 6.45) is 0. The van der Waals surface area contributed by atoms with Crippen LogP contribution >= 0.6 is 0 Å². The SMILES string of the molecule is CC(C)N=C(N)NC(C)C. The average Bonchev–Trinajstić information content (AvgIpc) is 1.58. The first-order valence-corrected chi connectivity index (χ1v) is 3.62. The van der Waals surface area contributed by atoms with Gasteiger partial charge < -0.3 is 11.1 Å². The highest BCUT2D eigenvalue weighted by atomic mass is 15.1. The first kappa shape index (κ1) is 9.27. The second-order valence-corrected chi connectivity index (χ2v) is 2.91. The summed E-state index contributed by atoms with van der Waals surface area (Å²) in [5, 5.41) is 3.00. The fourth-order valence-corrected chi connectivity index (χ4v) is 0.611. The molecule has 0 amide bonds. The van der Waals surface area contributed by atoms with Crippen LogP contribution in [0.5, 0.6) is 0 Å². The summed E-state index contributed by atoms with van der Waals surface area (Å²) >= 11 is 0. The molecule has 0 aromatic carbocycles. The van der Waals surface area contributed by atoms with E-state index in [9.17, 15) is 0 Å². The number of rotatable bonds is 2. The van der Waals surface area contributed by atoms with Crippen molar-refractivity contribution in [2.45, 2.75) is 39.8 Å². The van der Waals surface area contributed by atoms with Gasteiger partial charge in [-0.25, -0.2) is 0 Å². The zero-order valence-electron chi connectivity index (χ0n) is 7.18. The highest BCUT2D eigenvalue weighted by Crippen LogP contribution is 1.84.